The lowest BCUT2D eigenvalue weighted by Crippen LogP contribution is -2.24. The van der Waals surface area contributed by atoms with Gasteiger partial charge in [0.25, 0.3) is 0 Å². The van der Waals surface area contributed by atoms with E-state index in [1.807, 2.05) is 73.7 Å². The van der Waals surface area contributed by atoms with Crippen LogP contribution in [-0.4, -0.2) is 25.5 Å². The second-order valence-corrected chi connectivity index (χ2v) is 6.54. The van der Waals surface area contributed by atoms with E-state index >= 15 is 0 Å². The molecule has 0 saturated carbocycles. The molecule has 6 nitrogen and oxygen atoms in total. The normalized spacial score (nSPS) is 10.6. The van der Waals surface area contributed by atoms with Gasteiger partial charge in [-0.15, -0.1) is 0 Å². The van der Waals surface area contributed by atoms with Crippen molar-refractivity contribution in [2.24, 2.45) is 5.10 Å². The Hall–Kier alpha value is -3.80. The lowest BCUT2D eigenvalue weighted by Gasteiger charge is -2.11. The molecular weight excluding hydrogens is 378 g/mol. The first-order chi connectivity index (χ1) is 14.7. The van der Waals surface area contributed by atoms with Crippen molar-refractivity contribution in [1.29, 1.82) is 0 Å². The van der Waals surface area contributed by atoms with Crippen LogP contribution in [0.25, 0.3) is 0 Å². The number of hydrazone groups is 1. The number of amides is 2. The number of hydrogen-bond donors (Lipinski definition) is 2. The highest BCUT2D eigenvalue weighted by atomic mass is 16.5. The summed E-state index contributed by atoms with van der Waals surface area (Å²) in [6.45, 7) is 3.11. The molecule has 0 saturated heterocycles. The molecular formula is C24H25N3O3. The summed E-state index contributed by atoms with van der Waals surface area (Å²) < 4.78 is 11.6. The number of anilines is 1. The maximum Gasteiger partial charge on any atom is 0.339 e. The van der Waals surface area contributed by atoms with Gasteiger partial charge in [0.05, 0.1) is 19.4 Å². The summed E-state index contributed by atoms with van der Waals surface area (Å²) in [5, 5.41) is 6.70. The van der Waals surface area contributed by atoms with Crippen LogP contribution >= 0.6 is 0 Å². The maximum atomic E-state index is 11.9. The first kappa shape index (κ1) is 20.9. The highest BCUT2D eigenvalue weighted by Gasteiger charge is 2.03. The minimum Gasteiger partial charge on any atom is -0.493 e. The third-order valence-electron chi connectivity index (χ3n) is 4.22. The van der Waals surface area contributed by atoms with E-state index in [1.165, 1.54) is 0 Å². The Balaban J connectivity index is 1.44. The van der Waals surface area contributed by atoms with Crippen molar-refractivity contribution >= 4 is 17.9 Å². The molecule has 0 heterocycles. The molecule has 2 N–H and O–H groups in total. The Kier molecular flexibility index (Phi) is 7.85. The number of hydrogen-bond acceptors (Lipinski definition) is 4. The predicted octanol–water partition coefficient (Wildman–Crippen LogP) is 5.00. The summed E-state index contributed by atoms with van der Waals surface area (Å²) in [6, 6.07) is 24.2. The molecule has 0 aliphatic rings. The number of rotatable bonds is 9. The molecule has 0 unspecified atom stereocenters. The minimum absolute atomic E-state index is 0.413. The van der Waals surface area contributed by atoms with Crippen LogP contribution in [0.2, 0.25) is 0 Å². The molecule has 0 bridgehead atoms. The Labute approximate surface area is 176 Å². The highest BCUT2D eigenvalue weighted by Crippen LogP contribution is 2.18. The third kappa shape index (κ3) is 6.67. The summed E-state index contributed by atoms with van der Waals surface area (Å²) in [4.78, 5) is 11.9. The van der Waals surface area contributed by atoms with Crippen LogP contribution in [-0.2, 0) is 0 Å². The first-order valence-electron chi connectivity index (χ1n) is 9.78. The number of nitrogens with one attached hydrogen (secondary N) is 2. The second-order valence-electron chi connectivity index (χ2n) is 6.54. The number of nitrogens with zero attached hydrogens (tertiary/aromatic N) is 1. The highest BCUT2D eigenvalue weighted by molar-refractivity contribution is 5.90. The summed E-state index contributed by atoms with van der Waals surface area (Å²) in [5.74, 6) is 1.59. The zero-order valence-corrected chi connectivity index (χ0v) is 16.9. The van der Waals surface area contributed by atoms with E-state index < -0.39 is 6.03 Å². The molecule has 0 fully saturated rings. The Morgan fingerprint density at radius 2 is 1.50 bits per heavy atom. The largest absolute Gasteiger partial charge is 0.493 e. The maximum absolute atomic E-state index is 11.9. The van der Waals surface area contributed by atoms with Crippen molar-refractivity contribution in [1.82, 2.24) is 5.43 Å². The van der Waals surface area contributed by atoms with Crippen molar-refractivity contribution in [3.63, 3.8) is 0 Å². The molecule has 2 amide bonds. The molecule has 154 valence electrons. The van der Waals surface area contributed by atoms with Crippen molar-refractivity contribution in [3.8, 4) is 11.5 Å². The number of para-hydroxylation sites is 3. The van der Waals surface area contributed by atoms with Crippen LogP contribution < -0.4 is 20.2 Å². The minimum atomic E-state index is -0.413. The van der Waals surface area contributed by atoms with E-state index in [0.29, 0.717) is 24.7 Å². The van der Waals surface area contributed by atoms with Gasteiger partial charge in [0.1, 0.15) is 11.5 Å². The number of urea groups is 1. The summed E-state index contributed by atoms with van der Waals surface area (Å²) in [5.41, 5.74) is 5.04. The van der Waals surface area contributed by atoms with Crippen molar-refractivity contribution < 1.29 is 14.3 Å². The lowest BCUT2D eigenvalue weighted by molar-refractivity contribution is 0.246. The van der Waals surface area contributed by atoms with Gasteiger partial charge in [0.2, 0.25) is 0 Å². The summed E-state index contributed by atoms with van der Waals surface area (Å²) >= 11 is 0. The van der Waals surface area contributed by atoms with Crippen LogP contribution in [0, 0.1) is 6.92 Å². The van der Waals surface area contributed by atoms with Gasteiger partial charge in [-0.3, -0.25) is 0 Å². The van der Waals surface area contributed by atoms with Crippen LogP contribution in [0.4, 0.5) is 10.5 Å². The van der Waals surface area contributed by atoms with Crippen molar-refractivity contribution in [2.75, 3.05) is 18.5 Å². The monoisotopic (exact) mass is 403 g/mol. The molecule has 3 rings (SSSR count). The van der Waals surface area contributed by atoms with Gasteiger partial charge >= 0.3 is 6.03 Å². The molecule has 0 radical (unpaired) electrons. The Bertz CT molecular complexity index is 974. The smallest absolute Gasteiger partial charge is 0.339 e. The molecule has 0 atom stereocenters. The predicted molar refractivity (Wildman–Crippen MR) is 119 cm³/mol. The number of carbonyl (C=O) groups is 1. The molecule has 6 heteroatoms. The SMILES string of the molecule is Cc1ccccc1OCCCOc1ccccc1/C=N\NC(=O)Nc1ccccc1. The van der Waals surface area contributed by atoms with Gasteiger partial charge in [0.15, 0.2) is 0 Å². The number of carbonyl (C=O) groups excluding carboxylic acids is 1. The van der Waals surface area contributed by atoms with Gasteiger partial charge in [0, 0.05) is 17.7 Å². The lowest BCUT2D eigenvalue weighted by atomic mass is 10.2. The zero-order chi connectivity index (χ0) is 21.0. The molecule has 0 aromatic heterocycles. The quantitative estimate of drug-likeness (QED) is 0.300. The van der Waals surface area contributed by atoms with Crippen LogP contribution in [0.1, 0.15) is 17.5 Å². The fourth-order valence-corrected chi connectivity index (χ4v) is 2.70. The van der Waals surface area contributed by atoms with Crippen LogP contribution in [0.3, 0.4) is 0 Å². The van der Waals surface area contributed by atoms with Crippen molar-refractivity contribution in [3.05, 3.63) is 90.0 Å². The average molecular weight is 403 g/mol. The second kappa shape index (κ2) is 11.3. The van der Waals surface area contributed by atoms with Gasteiger partial charge in [-0.25, -0.2) is 10.2 Å². The topological polar surface area (TPSA) is 72.0 Å². The van der Waals surface area contributed by atoms with E-state index in [9.17, 15) is 4.79 Å². The fourth-order valence-electron chi connectivity index (χ4n) is 2.70. The van der Waals surface area contributed by atoms with Gasteiger partial charge in [-0.2, -0.15) is 5.10 Å². The number of aryl methyl sites for hydroxylation is 1. The zero-order valence-electron chi connectivity index (χ0n) is 16.9. The molecule has 0 aliphatic carbocycles. The van der Waals surface area contributed by atoms with Gasteiger partial charge in [-0.1, -0.05) is 48.5 Å². The molecule has 3 aromatic carbocycles. The van der Waals surface area contributed by atoms with E-state index in [1.54, 1.807) is 18.3 Å². The van der Waals surface area contributed by atoms with Crippen LogP contribution in [0.15, 0.2) is 84.0 Å². The molecule has 0 spiro atoms. The van der Waals surface area contributed by atoms with Crippen molar-refractivity contribution in [2.45, 2.75) is 13.3 Å². The third-order valence-corrected chi connectivity index (χ3v) is 4.22. The molecule has 0 aliphatic heterocycles. The molecule has 30 heavy (non-hydrogen) atoms. The first-order valence-corrected chi connectivity index (χ1v) is 9.78. The van der Waals surface area contributed by atoms with E-state index in [2.05, 4.69) is 15.8 Å². The standard InChI is InChI=1S/C24H25N3O3/c1-19-10-5-7-14-22(19)29-16-9-17-30-23-15-8-6-11-20(23)18-25-27-24(28)26-21-12-3-2-4-13-21/h2-8,10-15,18H,9,16-17H2,1H3,(H2,26,27,28)/b25-18-. The number of benzene rings is 3. The summed E-state index contributed by atoms with van der Waals surface area (Å²) in [6.07, 6.45) is 2.31. The van der Waals surface area contributed by atoms with Crippen LogP contribution in [0.5, 0.6) is 11.5 Å². The Morgan fingerprint density at radius 3 is 2.27 bits per heavy atom. The summed E-state index contributed by atoms with van der Waals surface area (Å²) in [7, 11) is 0. The Morgan fingerprint density at radius 1 is 0.867 bits per heavy atom. The molecule has 3 aromatic rings. The van der Waals surface area contributed by atoms with Gasteiger partial charge in [-0.05, 0) is 42.8 Å². The number of ether oxygens (including phenoxy) is 2. The van der Waals surface area contributed by atoms with E-state index in [0.717, 1.165) is 23.3 Å². The van der Waals surface area contributed by atoms with E-state index in [-0.39, 0.29) is 0 Å². The van der Waals surface area contributed by atoms with Gasteiger partial charge < -0.3 is 14.8 Å². The van der Waals surface area contributed by atoms with E-state index in [4.69, 9.17) is 9.47 Å². The fraction of sp³-hybridized carbons (Fsp3) is 0.167. The average Bonchev–Trinajstić information content (AvgIpc) is 2.76.